The fraction of sp³-hybridized carbons (Fsp3) is 0.286. The molecule has 4 N–H and O–H groups in total. The monoisotopic (exact) mass is 352 g/mol. The minimum absolute atomic E-state index is 0.100. The van der Waals surface area contributed by atoms with Gasteiger partial charge in [0.25, 0.3) is 0 Å². The Morgan fingerprint density at radius 2 is 2.08 bits per heavy atom. The standard InChI is InChI=1S/C21H24N2O3/c1-4-5-14(17-11-23-18-9-7-13(22)10-16(17)18)19-15(21(24)25)8-6-12(2)20(19)26-3/h6-11,14,23H,4-5,22H2,1-3H3,(H,24,25). The van der Waals surface area contributed by atoms with Crippen LogP contribution in [-0.2, 0) is 0 Å². The lowest BCUT2D eigenvalue weighted by Crippen LogP contribution is -2.11. The van der Waals surface area contributed by atoms with Crippen LogP contribution in [-0.4, -0.2) is 23.2 Å². The average Bonchev–Trinajstić information content (AvgIpc) is 3.02. The second-order valence-corrected chi connectivity index (χ2v) is 6.57. The smallest absolute Gasteiger partial charge is 0.336 e. The Kier molecular flexibility index (Phi) is 4.89. The number of nitrogens with two attached hydrogens (primary N) is 1. The van der Waals surface area contributed by atoms with Crippen molar-refractivity contribution in [1.29, 1.82) is 0 Å². The fourth-order valence-electron chi connectivity index (χ4n) is 3.70. The lowest BCUT2D eigenvalue weighted by Gasteiger charge is -2.23. The lowest BCUT2D eigenvalue weighted by molar-refractivity contribution is 0.0694. The number of methoxy groups -OCH3 is 1. The van der Waals surface area contributed by atoms with Crippen LogP contribution >= 0.6 is 0 Å². The van der Waals surface area contributed by atoms with Gasteiger partial charge in [0, 0.05) is 34.3 Å². The Morgan fingerprint density at radius 1 is 1.31 bits per heavy atom. The summed E-state index contributed by atoms with van der Waals surface area (Å²) < 4.78 is 5.63. The number of carboxylic acids is 1. The minimum atomic E-state index is -0.946. The van der Waals surface area contributed by atoms with E-state index in [-0.39, 0.29) is 11.5 Å². The van der Waals surface area contributed by atoms with Crippen LogP contribution in [0, 0.1) is 6.92 Å². The van der Waals surface area contributed by atoms with E-state index < -0.39 is 5.97 Å². The van der Waals surface area contributed by atoms with Gasteiger partial charge < -0.3 is 20.6 Å². The van der Waals surface area contributed by atoms with E-state index in [1.54, 1.807) is 19.2 Å². The topological polar surface area (TPSA) is 88.3 Å². The molecule has 3 aromatic rings. The summed E-state index contributed by atoms with van der Waals surface area (Å²) >= 11 is 0. The molecule has 0 saturated heterocycles. The third kappa shape index (κ3) is 3.01. The van der Waals surface area contributed by atoms with E-state index in [1.807, 2.05) is 31.3 Å². The van der Waals surface area contributed by atoms with Gasteiger partial charge in [-0.3, -0.25) is 0 Å². The van der Waals surface area contributed by atoms with Gasteiger partial charge in [0.2, 0.25) is 0 Å². The zero-order chi connectivity index (χ0) is 18.8. The van der Waals surface area contributed by atoms with Gasteiger partial charge in [-0.05, 0) is 48.7 Å². The molecular formula is C21H24N2O3. The number of rotatable bonds is 6. The number of H-pyrrole nitrogens is 1. The maximum Gasteiger partial charge on any atom is 0.336 e. The summed E-state index contributed by atoms with van der Waals surface area (Å²) in [7, 11) is 1.59. The number of carboxylic acid groups (broad SMARTS) is 1. The molecule has 1 unspecified atom stereocenters. The van der Waals surface area contributed by atoms with E-state index in [4.69, 9.17) is 10.5 Å². The first-order valence-corrected chi connectivity index (χ1v) is 8.75. The van der Waals surface area contributed by atoms with E-state index in [1.165, 1.54) is 0 Å². The molecule has 0 amide bonds. The summed E-state index contributed by atoms with van der Waals surface area (Å²) in [6, 6.07) is 9.20. The second kappa shape index (κ2) is 7.12. The van der Waals surface area contributed by atoms with Crippen LogP contribution in [0.5, 0.6) is 5.75 Å². The highest BCUT2D eigenvalue weighted by molar-refractivity contribution is 5.92. The van der Waals surface area contributed by atoms with Crippen LogP contribution in [0.25, 0.3) is 10.9 Å². The van der Waals surface area contributed by atoms with Crippen LogP contribution < -0.4 is 10.5 Å². The van der Waals surface area contributed by atoms with Gasteiger partial charge in [-0.15, -0.1) is 0 Å². The van der Waals surface area contributed by atoms with Crippen LogP contribution in [0.1, 0.15) is 52.7 Å². The zero-order valence-corrected chi connectivity index (χ0v) is 15.3. The number of anilines is 1. The van der Waals surface area contributed by atoms with Crippen LogP contribution in [0.2, 0.25) is 0 Å². The highest BCUT2D eigenvalue weighted by Crippen LogP contribution is 2.42. The number of nitrogen functional groups attached to an aromatic ring is 1. The van der Waals surface area contributed by atoms with E-state index in [0.717, 1.165) is 40.4 Å². The highest BCUT2D eigenvalue weighted by atomic mass is 16.5. The summed E-state index contributed by atoms with van der Waals surface area (Å²) in [4.78, 5) is 15.2. The Morgan fingerprint density at radius 3 is 2.73 bits per heavy atom. The Hall–Kier alpha value is -2.95. The second-order valence-electron chi connectivity index (χ2n) is 6.57. The summed E-state index contributed by atoms with van der Waals surface area (Å²) in [5, 5.41) is 10.8. The van der Waals surface area contributed by atoms with Crippen molar-refractivity contribution in [3.8, 4) is 5.75 Å². The molecule has 136 valence electrons. The molecule has 5 heteroatoms. The van der Waals surface area contributed by atoms with Crippen molar-refractivity contribution >= 4 is 22.6 Å². The molecule has 0 radical (unpaired) electrons. The van der Waals surface area contributed by atoms with Crippen LogP contribution in [0.4, 0.5) is 5.69 Å². The molecule has 1 atom stereocenters. The number of aromatic carboxylic acids is 1. The van der Waals surface area contributed by atoms with Crippen LogP contribution in [0.15, 0.2) is 36.5 Å². The van der Waals surface area contributed by atoms with Gasteiger partial charge in [0.05, 0.1) is 12.7 Å². The molecule has 0 aliphatic rings. The summed E-state index contributed by atoms with van der Waals surface area (Å²) in [5.41, 5.74) is 10.6. The molecule has 2 aromatic carbocycles. The number of nitrogens with one attached hydrogen (secondary N) is 1. The lowest BCUT2D eigenvalue weighted by atomic mass is 9.83. The van der Waals surface area contributed by atoms with Crippen molar-refractivity contribution in [3.05, 3.63) is 58.8 Å². The van der Waals surface area contributed by atoms with Gasteiger partial charge >= 0.3 is 5.97 Å². The minimum Gasteiger partial charge on any atom is -0.496 e. The number of ether oxygens (including phenoxy) is 1. The van der Waals surface area contributed by atoms with Gasteiger partial charge in [-0.2, -0.15) is 0 Å². The van der Waals surface area contributed by atoms with Gasteiger partial charge in [0.15, 0.2) is 0 Å². The molecule has 1 aromatic heterocycles. The summed E-state index contributed by atoms with van der Waals surface area (Å²) in [5.74, 6) is -0.406. The number of hydrogen-bond donors (Lipinski definition) is 3. The number of carbonyl (C=O) groups is 1. The first kappa shape index (κ1) is 17.9. The molecular weight excluding hydrogens is 328 g/mol. The van der Waals surface area contributed by atoms with Crippen molar-refractivity contribution in [2.75, 3.05) is 12.8 Å². The quantitative estimate of drug-likeness (QED) is 0.561. The van der Waals surface area contributed by atoms with E-state index in [9.17, 15) is 9.90 Å². The van der Waals surface area contributed by atoms with Crippen molar-refractivity contribution in [3.63, 3.8) is 0 Å². The van der Waals surface area contributed by atoms with E-state index in [0.29, 0.717) is 11.4 Å². The predicted molar refractivity (Wildman–Crippen MR) is 104 cm³/mol. The SMILES string of the molecule is CCCC(c1c(C(=O)O)ccc(C)c1OC)c1c[nH]c2ccc(N)cc12. The summed E-state index contributed by atoms with van der Waals surface area (Å²) in [6.07, 6.45) is 3.68. The van der Waals surface area contributed by atoms with Gasteiger partial charge in [-0.25, -0.2) is 4.79 Å². The Bertz CT molecular complexity index is 959. The number of benzene rings is 2. The third-order valence-electron chi connectivity index (χ3n) is 4.87. The number of aryl methyl sites for hydroxylation is 1. The maximum absolute atomic E-state index is 11.9. The molecule has 0 saturated carbocycles. The number of aromatic nitrogens is 1. The third-order valence-corrected chi connectivity index (χ3v) is 4.87. The molecule has 1 heterocycles. The van der Waals surface area contributed by atoms with Crippen molar-refractivity contribution in [1.82, 2.24) is 4.98 Å². The molecule has 0 fully saturated rings. The summed E-state index contributed by atoms with van der Waals surface area (Å²) in [6.45, 7) is 4.03. The highest BCUT2D eigenvalue weighted by Gasteiger charge is 2.27. The molecule has 0 bridgehead atoms. The fourth-order valence-corrected chi connectivity index (χ4v) is 3.70. The number of aromatic amines is 1. The predicted octanol–water partition coefficient (Wildman–Crippen LogP) is 4.70. The zero-order valence-electron chi connectivity index (χ0n) is 15.3. The maximum atomic E-state index is 11.9. The largest absolute Gasteiger partial charge is 0.496 e. The van der Waals surface area contributed by atoms with Crippen LogP contribution in [0.3, 0.4) is 0 Å². The molecule has 26 heavy (non-hydrogen) atoms. The average molecular weight is 352 g/mol. The van der Waals surface area contributed by atoms with Gasteiger partial charge in [0.1, 0.15) is 5.75 Å². The Balaban J connectivity index is 2.30. The van der Waals surface area contributed by atoms with Crippen molar-refractivity contribution in [2.45, 2.75) is 32.6 Å². The molecule has 0 aliphatic carbocycles. The molecule has 0 spiro atoms. The first-order valence-electron chi connectivity index (χ1n) is 8.75. The molecule has 5 nitrogen and oxygen atoms in total. The van der Waals surface area contributed by atoms with Crippen molar-refractivity contribution < 1.29 is 14.6 Å². The number of fused-ring (bicyclic) bond motifs is 1. The Labute approximate surface area is 152 Å². The van der Waals surface area contributed by atoms with E-state index in [2.05, 4.69) is 11.9 Å². The van der Waals surface area contributed by atoms with Crippen molar-refractivity contribution in [2.24, 2.45) is 0 Å². The number of hydrogen-bond acceptors (Lipinski definition) is 3. The normalized spacial score (nSPS) is 12.3. The molecule has 3 rings (SSSR count). The first-order chi connectivity index (χ1) is 12.5. The van der Waals surface area contributed by atoms with E-state index >= 15 is 0 Å². The molecule has 0 aliphatic heterocycles. The van der Waals surface area contributed by atoms with Gasteiger partial charge in [-0.1, -0.05) is 19.4 Å².